The zero-order valence-corrected chi connectivity index (χ0v) is 12.1. The van der Waals surface area contributed by atoms with Crippen LogP contribution in [0.5, 0.6) is 0 Å². The van der Waals surface area contributed by atoms with Gasteiger partial charge in [-0.1, -0.05) is 0 Å². The molecule has 0 spiro atoms. The molecule has 0 aliphatic heterocycles. The molecule has 21 heteroatoms. The maximum absolute atomic E-state index is 8.58. The topological polar surface area (TPSA) is 458 Å². The summed E-state index contributed by atoms with van der Waals surface area (Å²) in [5, 5.41) is 51.5. The Hall–Kier alpha value is 1.06. The Kier molecular flexibility index (Phi) is 168. The molecular formula is C6H24FeN6Na4O10. The quantitative estimate of drug-likeness (QED) is 0.297. The van der Waals surface area contributed by atoms with Crippen molar-refractivity contribution >= 4 is 118 Å². The van der Waals surface area contributed by atoms with Crippen molar-refractivity contribution in [3.8, 4) is 29.8 Å². The molecule has 0 atom stereocenters. The van der Waals surface area contributed by atoms with Crippen LogP contribution in [0.25, 0.3) is 0 Å². The molecule has 0 aromatic carbocycles. The van der Waals surface area contributed by atoms with E-state index in [1.807, 2.05) is 0 Å². The van der Waals surface area contributed by atoms with Gasteiger partial charge in [0.05, 0.1) is 0 Å². The van der Waals surface area contributed by atoms with Crippen LogP contribution in [0.2, 0.25) is 0 Å². The molecule has 27 heavy (non-hydrogen) atoms. The molecule has 150 valence electrons. The van der Waals surface area contributed by atoms with E-state index < -0.39 is 10.7 Å². The first-order valence-corrected chi connectivity index (χ1v) is 5.71. The summed E-state index contributed by atoms with van der Waals surface area (Å²) in [6, 6.07) is 0. The van der Waals surface area contributed by atoms with Crippen molar-refractivity contribution in [3.63, 3.8) is 0 Å². The summed E-state index contributed by atoms with van der Waals surface area (Å²) in [4.78, 5) is 6.19. The van der Waals surface area contributed by atoms with Crippen LogP contribution in [-0.2, 0) is 10.7 Å². The molecule has 0 radical (unpaired) electrons. The van der Waals surface area contributed by atoms with Crippen LogP contribution in [0.4, 0.5) is 0 Å². The fraction of sp³-hybridized carbons (Fsp3) is 0. The molecule has 0 rings (SSSR count). The third-order valence-electron chi connectivity index (χ3n) is 1.19. The molecular weight excluding hydrogens is 464 g/mol. The molecule has 0 aromatic rings. The Morgan fingerprint density at radius 2 is 0.370 bits per heavy atom. The van der Waals surface area contributed by atoms with Crippen molar-refractivity contribution in [2.45, 2.75) is 0 Å². The summed E-state index contributed by atoms with van der Waals surface area (Å²) >= 11 is 0. The molecule has 0 aliphatic rings. The Morgan fingerprint density at radius 3 is 0.370 bits per heavy atom. The third-order valence-corrected chi connectivity index (χ3v) is 4.89. The number of hydrogen-bond acceptors (Lipinski definition) is 6. The van der Waals surface area contributed by atoms with Gasteiger partial charge in [0.1, 0.15) is 0 Å². The number of nitrogens with zero attached hydrogens (tertiary/aromatic N) is 6. The average Bonchev–Trinajstić information content (AvgIpc) is 2.26. The third kappa shape index (κ3) is 17.6. The van der Waals surface area contributed by atoms with Gasteiger partial charge >= 0.3 is 190 Å². The molecule has 0 saturated heterocycles. The van der Waals surface area contributed by atoms with E-state index in [1.165, 1.54) is 0 Å². The fourth-order valence-electron chi connectivity index (χ4n) is 0.265. The first-order valence-electron chi connectivity index (χ1n) is 2.40. The van der Waals surface area contributed by atoms with Crippen LogP contribution in [0.1, 0.15) is 0 Å². The Bertz CT molecular complexity index is 426. The standard InChI is InChI=1S/6CN.Fe.4Na.10H2O.4H/c6*1-2;;;;;;;;;;;;;;;;;;;/h;;;;;;;;;;;10*1H2;;;;. The van der Waals surface area contributed by atoms with Crippen molar-refractivity contribution in [3.05, 3.63) is 0 Å². The van der Waals surface area contributed by atoms with Gasteiger partial charge in [0.25, 0.3) is 0 Å². The molecule has 0 aliphatic carbocycles. The number of nitriles is 6. The minimum absolute atomic E-state index is 0. The van der Waals surface area contributed by atoms with Crippen molar-refractivity contribution < 1.29 is 65.5 Å². The molecule has 0 heterocycles. The summed E-state index contributed by atoms with van der Waals surface area (Å²) in [5.74, 6) is 0. The van der Waals surface area contributed by atoms with Gasteiger partial charge in [0, 0.05) is 0 Å². The van der Waals surface area contributed by atoms with Gasteiger partial charge < -0.3 is 54.8 Å². The second kappa shape index (κ2) is 37.8. The van der Waals surface area contributed by atoms with Gasteiger partial charge in [0.2, 0.25) is 0 Å². The van der Waals surface area contributed by atoms with Gasteiger partial charge in [0.15, 0.2) is 0 Å². The van der Waals surface area contributed by atoms with E-state index in [1.54, 1.807) is 0 Å². The summed E-state index contributed by atoms with van der Waals surface area (Å²) in [7, 11) is -6.17. The first-order chi connectivity index (χ1) is 5.97. The van der Waals surface area contributed by atoms with Crippen LogP contribution >= 0.6 is 0 Å². The summed E-state index contributed by atoms with van der Waals surface area (Å²) in [5.41, 5.74) is 0. The van der Waals surface area contributed by atoms with Crippen LogP contribution in [0, 0.1) is 61.4 Å². The zero-order valence-electron chi connectivity index (χ0n) is 11.0. The maximum atomic E-state index is 8.58. The Labute approximate surface area is 241 Å². The van der Waals surface area contributed by atoms with Crippen LogP contribution in [0.3, 0.4) is 0 Å². The van der Waals surface area contributed by atoms with Gasteiger partial charge in [-0.2, -0.15) is 0 Å². The Morgan fingerprint density at radius 1 is 0.296 bits per heavy atom. The van der Waals surface area contributed by atoms with Gasteiger partial charge in [-0.15, -0.1) is 0 Å². The van der Waals surface area contributed by atoms with Crippen molar-refractivity contribution in [1.29, 1.82) is 31.6 Å². The van der Waals surface area contributed by atoms with Crippen molar-refractivity contribution in [2.24, 2.45) is 0 Å². The first kappa shape index (κ1) is 120. The van der Waals surface area contributed by atoms with E-state index in [2.05, 4.69) is 0 Å². The summed E-state index contributed by atoms with van der Waals surface area (Å²) in [6.07, 6.45) is 0. The number of hydrogen-bond donors (Lipinski definition) is 0. The van der Waals surface area contributed by atoms with E-state index in [9.17, 15) is 0 Å². The molecule has 16 nitrogen and oxygen atoms in total. The molecule has 20 N–H and O–H groups in total. The zero-order chi connectivity index (χ0) is 10.7. The van der Waals surface area contributed by atoms with Crippen molar-refractivity contribution in [1.82, 2.24) is 0 Å². The normalized spacial score (nSPS) is 6.44. The van der Waals surface area contributed by atoms with E-state index in [4.69, 9.17) is 31.6 Å². The SMILES string of the molecule is N#[C][Fe]([C]#N)([C]#N)([C]#N)([C]#N)[C]#N.O.O.O.O.O.O.O.O.O.O.[NaH].[NaH].[NaH].[NaH]. The van der Waals surface area contributed by atoms with Crippen LogP contribution in [0.15, 0.2) is 0 Å². The van der Waals surface area contributed by atoms with E-state index >= 15 is 0 Å². The second-order valence-corrected chi connectivity index (χ2v) is 7.42. The monoisotopic (exact) mass is 488 g/mol. The van der Waals surface area contributed by atoms with Crippen molar-refractivity contribution in [2.75, 3.05) is 0 Å². The average molecular weight is 488 g/mol. The predicted octanol–water partition coefficient (Wildman–Crippen LogP) is -10.7. The van der Waals surface area contributed by atoms with Crippen LogP contribution in [-0.4, -0.2) is 173 Å². The summed E-state index contributed by atoms with van der Waals surface area (Å²) < 4.78 is 0. The van der Waals surface area contributed by atoms with E-state index in [-0.39, 0.29) is 173 Å². The Balaban J connectivity index is -0.00000000791. The second-order valence-electron chi connectivity index (χ2n) is 1.80. The molecule has 0 saturated carbocycles. The summed E-state index contributed by atoms with van der Waals surface area (Å²) in [6.45, 7) is 0. The van der Waals surface area contributed by atoms with E-state index in [0.29, 0.717) is 0 Å². The minimum atomic E-state index is -6.17. The number of rotatable bonds is 0. The van der Waals surface area contributed by atoms with Crippen LogP contribution < -0.4 is 0 Å². The fourth-order valence-corrected chi connectivity index (χ4v) is 1.09. The predicted molar refractivity (Wildman–Crippen MR) is 98.4 cm³/mol. The van der Waals surface area contributed by atoms with Gasteiger partial charge in [-0.3, -0.25) is 0 Å². The van der Waals surface area contributed by atoms with Gasteiger partial charge in [-0.05, 0) is 0 Å². The van der Waals surface area contributed by atoms with Gasteiger partial charge in [-0.25, -0.2) is 0 Å². The molecule has 0 amide bonds. The molecule has 0 fully saturated rings. The molecule has 0 unspecified atom stereocenters. The molecule has 0 bridgehead atoms. The molecule has 0 aromatic heterocycles. The van der Waals surface area contributed by atoms with E-state index in [0.717, 1.165) is 29.8 Å².